The molecular formula is C31H32N4O2S2. The Labute approximate surface area is 239 Å². The molecule has 0 unspecified atom stereocenters. The van der Waals surface area contributed by atoms with Gasteiger partial charge in [0.15, 0.2) is 0 Å². The summed E-state index contributed by atoms with van der Waals surface area (Å²) in [4.78, 5) is 21.7. The van der Waals surface area contributed by atoms with Crippen molar-refractivity contribution in [2.24, 2.45) is 0 Å². The number of benzene rings is 2. The average Bonchev–Trinajstić information content (AvgIpc) is 3.57. The fraction of sp³-hybridized carbons (Fsp3) is 0.258. The van der Waals surface area contributed by atoms with Crippen molar-refractivity contribution in [1.82, 2.24) is 15.2 Å². The van der Waals surface area contributed by atoms with Crippen molar-refractivity contribution in [2.45, 2.75) is 25.3 Å². The van der Waals surface area contributed by atoms with Crippen LogP contribution in [-0.2, 0) is 5.54 Å². The minimum atomic E-state index is -0.431. The van der Waals surface area contributed by atoms with Crippen LogP contribution in [0, 0.1) is 18.3 Å². The molecule has 6 rings (SSSR count). The number of carbonyl (C=O) groups is 1. The van der Waals surface area contributed by atoms with E-state index in [-0.39, 0.29) is 5.91 Å². The number of thiol groups is 1. The fourth-order valence-electron chi connectivity index (χ4n) is 4.43. The first kappa shape index (κ1) is 28.2. The summed E-state index contributed by atoms with van der Waals surface area (Å²) in [5.74, 6) is 0.553. The summed E-state index contributed by atoms with van der Waals surface area (Å²) in [6, 6.07) is 19.7. The van der Waals surface area contributed by atoms with Crippen LogP contribution in [0.5, 0.6) is 5.75 Å². The predicted molar refractivity (Wildman–Crippen MR) is 163 cm³/mol. The van der Waals surface area contributed by atoms with Crippen LogP contribution in [0.25, 0.3) is 21.3 Å². The second kappa shape index (κ2) is 12.4. The summed E-state index contributed by atoms with van der Waals surface area (Å²) < 4.78 is 5.31. The number of carbonyl (C=O) groups excluding carboxylic acids is 1. The van der Waals surface area contributed by atoms with Crippen LogP contribution in [0.4, 0.5) is 0 Å². The van der Waals surface area contributed by atoms with Crippen molar-refractivity contribution in [1.29, 1.82) is 5.26 Å². The maximum atomic E-state index is 13.3. The number of amides is 1. The first-order valence-electron chi connectivity index (χ1n) is 12.6. The second-order valence-electron chi connectivity index (χ2n) is 9.41. The van der Waals surface area contributed by atoms with Gasteiger partial charge in [-0.15, -0.1) is 11.3 Å². The van der Waals surface area contributed by atoms with Crippen molar-refractivity contribution in [3.63, 3.8) is 0 Å². The molecule has 3 heterocycles. The summed E-state index contributed by atoms with van der Waals surface area (Å²) >= 11 is 4.99. The van der Waals surface area contributed by atoms with E-state index >= 15 is 0 Å². The van der Waals surface area contributed by atoms with Gasteiger partial charge in [-0.1, -0.05) is 12.1 Å². The number of fused-ring (bicyclic) bond motifs is 1. The molecule has 1 N–H and O–H groups in total. The molecule has 1 fully saturated rings. The van der Waals surface area contributed by atoms with Crippen molar-refractivity contribution >= 4 is 40.8 Å². The zero-order chi connectivity index (χ0) is 28.0. The summed E-state index contributed by atoms with van der Waals surface area (Å²) in [5.41, 5.74) is 4.05. The van der Waals surface area contributed by atoms with E-state index in [2.05, 4.69) is 71.4 Å². The molecule has 2 aromatic carbocycles. The Morgan fingerprint density at radius 1 is 1.18 bits per heavy atom. The molecule has 1 aliphatic carbocycles. The number of methoxy groups -OCH3 is 1. The topological polar surface area (TPSA) is 78.2 Å². The SMILES string of the molecule is CN1C=CC1.COc1ccc(C)c(C(=O)NC2(c3cc(-c4ccc(C#N)s4)cc4ncccc34)CC2)c1.CS. The molecule has 1 aliphatic heterocycles. The number of hydrogen-bond donors (Lipinski definition) is 2. The summed E-state index contributed by atoms with van der Waals surface area (Å²) in [5, 5.41) is 13.6. The van der Waals surface area contributed by atoms with E-state index in [1.807, 2.05) is 37.3 Å². The molecule has 0 bridgehead atoms. The molecular weight excluding hydrogens is 525 g/mol. The van der Waals surface area contributed by atoms with Gasteiger partial charge in [-0.25, -0.2) is 0 Å². The van der Waals surface area contributed by atoms with E-state index in [0.717, 1.165) is 51.9 Å². The van der Waals surface area contributed by atoms with Gasteiger partial charge in [0.25, 0.3) is 5.91 Å². The lowest BCUT2D eigenvalue weighted by atomic mass is 9.95. The minimum absolute atomic E-state index is 0.107. The number of thiophene rings is 1. The molecule has 2 aliphatic rings. The number of ether oxygens (including phenoxy) is 1. The summed E-state index contributed by atoms with van der Waals surface area (Å²) in [6.07, 6.45) is 9.38. The van der Waals surface area contributed by atoms with Crippen LogP contribution in [-0.4, -0.2) is 42.7 Å². The molecule has 8 heteroatoms. The van der Waals surface area contributed by atoms with E-state index < -0.39 is 5.54 Å². The van der Waals surface area contributed by atoms with Gasteiger partial charge in [-0.05, 0) is 97.5 Å². The molecule has 0 saturated heterocycles. The minimum Gasteiger partial charge on any atom is -0.497 e. The van der Waals surface area contributed by atoms with Gasteiger partial charge < -0.3 is 15.0 Å². The number of hydrogen-bond acceptors (Lipinski definition) is 7. The number of likely N-dealkylation sites (N-methyl/N-ethyl adjacent to an activating group) is 1. The zero-order valence-corrected chi connectivity index (χ0v) is 24.3. The van der Waals surface area contributed by atoms with Gasteiger partial charge in [0.1, 0.15) is 16.7 Å². The average molecular weight is 557 g/mol. The van der Waals surface area contributed by atoms with Gasteiger partial charge in [0, 0.05) is 35.6 Å². The van der Waals surface area contributed by atoms with Crippen LogP contribution in [0.15, 0.2) is 73.1 Å². The molecule has 6 nitrogen and oxygen atoms in total. The Morgan fingerprint density at radius 3 is 2.51 bits per heavy atom. The second-order valence-corrected chi connectivity index (χ2v) is 10.5. The first-order valence-corrected chi connectivity index (χ1v) is 14.3. The van der Waals surface area contributed by atoms with Crippen molar-refractivity contribution < 1.29 is 9.53 Å². The van der Waals surface area contributed by atoms with Crippen molar-refractivity contribution in [2.75, 3.05) is 27.0 Å². The number of aryl methyl sites for hydroxylation is 1. The van der Waals surface area contributed by atoms with Crippen LogP contribution < -0.4 is 10.1 Å². The highest BCUT2D eigenvalue weighted by Gasteiger charge is 2.47. The highest BCUT2D eigenvalue weighted by molar-refractivity contribution is 7.79. The Balaban J connectivity index is 0.000000447. The van der Waals surface area contributed by atoms with Crippen LogP contribution in [0.3, 0.4) is 0 Å². The van der Waals surface area contributed by atoms with Crippen LogP contribution in [0.2, 0.25) is 0 Å². The fourth-order valence-corrected chi connectivity index (χ4v) is 5.22. The molecule has 200 valence electrons. The molecule has 0 radical (unpaired) electrons. The van der Waals surface area contributed by atoms with Gasteiger partial charge in [0.2, 0.25) is 0 Å². The number of nitriles is 1. The number of nitrogens with one attached hydrogen (secondary N) is 1. The Kier molecular flexibility index (Phi) is 8.95. The number of pyridine rings is 1. The first-order chi connectivity index (χ1) is 18.9. The van der Waals surface area contributed by atoms with E-state index in [4.69, 9.17) is 4.74 Å². The van der Waals surface area contributed by atoms with E-state index in [9.17, 15) is 10.1 Å². The molecule has 0 spiro atoms. The lowest BCUT2D eigenvalue weighted by Crippen LogP contribution is -2.35. The van der Waals surface area contributed by atoms with Crippen molar-refractivity contribution in [3.05, 3.63) is 94.6 Å². The van der Waals surface area contributed by atoms with Gasteiger partial charge in [0.05, 0.1) is 18.2 Å². The number of nitrogens with zero attached hydrogens (tertiary/aromatic N) is 3. The quantitative estimate of drug-likeness (QED) is 0.272. The predicted octanol–water partition coefficient (Wildman–Crippen LogP) is 6.56. The largest absolute Gasteiger partial charge is 0.497 e. The molecule has 4 aromatic rings. The normalized spacial score (nSPS) is 14.1. The molecule has 2 aromatic heterocycles. The molecule has 1 saturated carbocycles. The molecule has 39 heavy (non-hydrogen) atoms. The van der Waals surface area contributed by atoms with E-state index in [1.165, 1.54) is 11.3 Å². The van der Waals surface area contributed by atoms with Gasteiger partial charge >= 0.3 is 0 Å². The smallest absolute Gasteiger partial charge is 0.252 e. The lowest BCUT2D eigenvalue weighted by molar-refractivity contribution is 0.0930. The van der Waals surface area contributed by atoms with Crippen molar-refractivity contribution in [3.8, 4) is 22.3 Å². The van der Waals surface area contributed by atoms with E-state index in [1.54, 1.807) is 25.6 Å². The lowest BCUT2D eigenvalue weighted by Gasteiger charge is -2.22. The number of aromatic nitrogens is 1. The Bertz CT molecular complexity index is 1550. The van der Waals surface area contributed by atoms with E-state index in [0.29, 0.717) is 16.2 Å². The molecule has 0 atom stereocenters. The maximum absolute atomic E-state index is 13.3. The molecule has 1 amide bonds. The third-order valence-corrected chi connectivity index (χ3v) is 7.82. The van der Waals surface area contributed by atoms with Crippen LogP contribution >= 0.6 is 24.0 Å². The van der Waals surface area contributed by atoms with Gasteiger partial charge in [-0.3, -0.25) is 9.78 Å². The standard InChI is InChI=1S/C26H21N3O2S.C4H7N.CH4S/c1-16-5-6-18(31-2)14-21(16)25(30)29-26(9-10-26)22-12-17(24-8-7-19(15-27)32-24)13-23-20(22)4-3-11-28-23;1-5-3-2-4-5;1-2/h3-8,11-14H,9-10H2,1-2H3,(H,29,30);2-3H,4H2,1H3;2H,1H3. The summed E-state index contributed by atoms with van der Waals surface area (Å²) in [7, 11) is 3.65. The zero-order valence-electron chi connectivity index (χ0n) is 22.6. The monoisotopic (exact) mass is 556 g/mol. The highest BCUT2D eigenvalue weighted by Crippen LogP contribution is 2.49. The third kappa shape index (κ3) is 6.27. The Morgan fingerprint density at radius 2 is 1.92 bits per heavy atom. The number of rotatable bonds is 5. The summed E-state index contributed by atoms with van der Waals surface area (Å²) in [6.45, 7) is 3.07. The highest BCUT2D eigenvalue weighted by atomic mass is 32.1. The van der Waals surface area contributed by atoms with Crippen LogP contribution in [0.1, 0.15) is 39.2 Å². The maximum Gasteiger partial charge on any atom is 0.252 e. The van der Waals surface area contributed by atoms with Gasteiger partial charge in [-0.2, -0.15) is 17.9 Å². The Hall–Kier alpha value is -3.80. The third-order valence-electron chi connectivity index (χ3n) is 6.78.